The van der Waals surface area contributed by atoms with Gasteiger partial charge in [-0.25, -0.2) is 0 Å². The second-order valence-electron chi connectivity index (χ2n) is 5.44. The Kier molecular flexibility index (Phi) is 2.60. The van der Waals surface area contributed by atoms with Gasteiger partial charge in [0.15, 0.2) is 0 Å². The quantitative estimate of drug-likeness (QED) is 0.742. The van der Waals surface area contributed by atoms with Crippen molar-refractivity contribution in [3.05, 3.63) is 53.5 Å². The maximum Gasteiger partial charge on any atom is 0.272 e. The van der Waals surface area contributed by atoms with Crippen LogP contribution in [0, 0.1) is 0 Å². The number of aromatic nitrogens is 3. The average molecular weight is 280 g/mol. The number of amides is 1. The number of benzene rings is 1. The summed E-state index contributed by atoms with van der Waals surface area (Å²) < 4.78 is 1.63. The molecule has 0 saturated heterocycles. The number of para-hydroxylation sites is 1. The number of carbonyl (C=O) groups is 1. The standard InChI is InChI=1S/C16H16N4O/c1-19-15(6-8-17-19)16(21)20-9-7-12-11-4-2-3-5-13(11)18-14(12)10-20/h2-6,8,18H,7,9-10H2,1H3. The number of carbonyl (C=O) groups excluding carboxylic acids is 1. The van der Waals surface area contributed by atoms with E-state index < -0.39 is 0 Å². The maximum atomic E-state index is 12.6. The van der Waals surface area contributed by atoms with Crippen molar-refractivity contribution in [3.8, 4) is 0 Å². The topological polar surface area (TPSA) is 53.9 Å². The molecular weight excluding hydrogens is 264 g/mol. The van der Waals surface area contributed by atoms with Gasteiger partial charge in [0, 0.05) is 36.4 Å². The molecule has 3 heterocycles. The number of aromatic amines is 1. The number of aryl methyl sites for hydroxylation is 1. The SMILES string of the molecule is Cn1nccc1C(=O)N1CCc2c([nH]c3ccccc23)C1. The van der Waals surface area contributed by atoms with Crippen molar-refractivity contribution in [2.45, 2.75) is 13.0 Å². The molecule has 0 spiro atoms. The zero-order chi connectivity index (χ0) is 14.4. The lowest BCUT2D eigenvalue weighted by molar-refractivity contribution is 0.0722. The number of rotatable bonds is 1. The molecule has 3 aromatic rings. The fourth-order valence-corrected chi connectivity index (χ4v) is 3.11. The normalized spacial score (nSPS) is 14.4. The minimum atomic E-state index is 0.0410. The molecule has 0 saturated carbocycles. The number of hydrogen-bond donors (Lipinski definition) is 1. The van der Waals surface area contributed by atoms with E-state index in [1.165, 1.54) is 10.9 Å². The summed E-state index contributed by atoms with van der Waals surface area (Å²) in [7, 11) is 1.80. The summed E-state index contributed by atoms with van der Waals surface area (Å²) in [6, 6.07) is 10.1. The second kappa shape index (κ2) is 4.48. The predicted molar refractivity (Wildman–Crippen MR) is 80.0 cm³/mol. The minimum absolute atomic E-state index is 0.0410. The Hall–Kier alpha value is -2.56. The molecule has 0 radical (unpaired) electrons. The van der Waals surface area contributed by atoms with E-state index in [4.69, 9.17) is 0 Å². The molecule has 0 fully saturated rings. The molecule has 1 aliphatic heterocycles. The molecule has 4 rings (SSSR count). The van der Waals surface area contributed by atoms with Crippen molar-refractivity contribution in [1.29, 1.82) is 0 Å². The molecule has 2 aromatic heterocycles. The van der Waals surface area contributed by atoms with Crippen LogP contribution in [-0.2, 0) is 20.0 Å². The molecule has 0 aliphatic carbocycles. The predicted octanol–water partition coefficient (Wildman–Crippen LogP) is 2.10. The van der Waals surface area contributed by atoms with Gasteiger partial charge >= 0.3 is 0 Å². The van der Waals surface area contributed by atoms with Gasteiger partial charge in [-0.15, -0.1) is 0 Å². The lowest BCUT2D eigenvalue weighted by Crippen LogP contribution is -2.36. The van der Waals surface area contributed by atoms with Crippen LogP contribution in [0.4, 0.5) is 0 Å². The van der Waals surface area contributed by atoms with Crippen molar-refractivity contribution in [1.82, 2.24) is 19.7 Å². The Bertz CT molecular complexity index is 830. The molecule has 0 unspecified atom stereocenters. The van der Waals surface area contributed by atoms with Crippen molar-refractivity contribution < 1.29 is 4.79 Å². The molecule has 1 amide bonds. The van der Waals surface area contributed by atoms with Crippen molar-refractivity contribution in [2.75, 3.05) is 6.54 Å². The molecule has 1 aromatic carbocycles. The largest absolute Gasteiger partial charge is 0.357 e. The van der Waals surface area contributed by atoms with E-state index in [1.807, 2.05) is 11.0 Å². The van der Waals surface area contributed by atoms with E-state index in [-0.39, 0.29) is 5.91 Å². The van der Waals surface area contributed by atoms with Crippen LogP contribution in [0.15, 0.2) is 36.5 Å². The van der Waals surface area contributed by atoms with E-state index in [2.05, 4.69) is 28.3 Å². The van der Waals surface area contributed by atoms with Crippen LogP contribution in [0.2, 0.25) is 0 Å². The van der Waals surface area contributed by atoms with Gasteiger partial charge in [-0.3, -0.25) is 9.48 Å². The third kappa shape index (κ3) is 1.85. The van der Waals surface area contributed by atoms with E-state index >= 15 is 0 Å². The highest BCUT2D eigenvalue weighted by Gasteiger charge is 2.25. The minimum Gasteiger partial charge on any atom is -0.357 e. The molecule has 21 heavy (non-hydrogen) atoms. The first-order chi connectivity index (χ1) is 10.2. The fourth-order valence-electron chi connectivity index (χ4n) is 3.11. The molecule has 0 bridgehead atoms. The van der Waals surface area contributed by atoms with Gasteiger partial charge in [-0.2, -0.15) is 5.10 Å². The molecule has 1 N–H and O–H groups in total. The van der Waals surface area contributed by atoms with Gasteiger partial charge in [0.1, 0.15) is 5.69 Å². The second-order valence-corrected chi connectivity index (χ2v) is 5.44. The van der Waals surface area contributed by atoms with Gasteiger partial charge in [0.05, 0.1) is 6.54 Å². The van der Waals surface area contributed by atoms with Crippen LogP contribution in [0.25, 0.3) is 10.9 Å². The first-order valence-electron chi connectivity index (χ1n) is 7.10. The van der Waals surface area contributed by atoms with Crippen LogP contribution in [-0.4, -0.2) is 32.1 Å². The van der Waals surface area contributed by atoms with Crippen molar-refractivity contribution in [2.24, 2.45) is 7.05 Å². The lowest BCUT2D eigenvalue weighted by Gasteiger charge is -2.27. The van der Waals surface area contributed by atoms with E-state index in [0.717, 1.165) is 24.2 Å². The summed E-state index contributed by atoms with van der Waals surface area (Å²) in [5.41, 5.74) is 4.28. The third-order valence-corrected chi connectivity index (χ3v) is 4.21. The number of nitrogens with one attached hydrogen (secondary N) is 1. The van der Waals surface area contributed by atoms with Crippen LogP contribution < -0.4 is 0 Å². The number of nitrogens with zero attached hydrogens (tertiary/aromatic N) is 3. The Labute approximate surface area is 122 Å². The molecule has 5 heteroatoms. The highest BCUT2D eigenvalue weighted by atomic mass is 16.2. The summed E-state index contributed by atoms with van der Waals surface area (Å²) in [5.74, 6) is 0.0410. The fraction of sp³-hybridized carbons (Fsp3) is 0.250. The smallest absolute Gasteiger partial charge is 0.272 e. The van der Waals surface area contributed by atoms with Crippen molar-refractivity contribution >= 4 is 16.8 Å². The van der Waals surface area contributed by atoms with Gasteiger partial charge in [-0.1, -0.05) is 18.2 Å². The van der Waals surface area contributed by atoms with E-state index in [1.54, 1.807) is 24.0 Å². The summed E-state index contributed by atoms with van der Waals surface area (Å²) in [6.07, 6.45) is 2.55. The summed E-state index contributed by atoms with van der Waals surface area (Å²) in [4.78, 5) is 17.9. The number of hydrogen-bond acceptors (Lipinski definition) is 2. The van der Waals surface area contributed by atoms with Gasteiger partial charge < -0.3 is 9.88 Å². The summed E-state index contributed by atoms with van der Waals surface area (Å²) >= 11 is 0. The molecule has 106 valence electrons. The molecule has 0 atom stereocenters. The molecular formula is C16H16N4O. The van der Waals surface area contributed by atoms with Crippen LogP contribution in [0.5, 0.6) is 0 Å². The first kappa shape index (κ1) is 12.2. The number of fused-ring (bicyclic) bond motifs is 3. The maximum absolute atomic E-state index is 12.6. The monoisotopic (exact) mass is 280 g/mol. The Morgan fingerprint density at radius 3 is 2.95 bits per heavy atom. The van der Waals surface area contributed by atoms with Gasteiger partial charge in [0.2, 0.25) is 0 Å². The Morgan fingerprint density at radius 1 is 1.29 bits per heavy atom. The molecule has 1 aliphatic rings. The average Bonchev–Trinajstić information content (AvgIpc) is 3.09. The number of H-pyrrole nitrogens is 1. The first-order valence-corrected chi connectivity index (χ1v) is 7.10. The zero-order valence-corrected chi connectivity index (χ0v) is 11.8. The van der Waals surface area contributed by atoms with Crippen LogP contribution >= 0.6 is 0 Å². The van der Waals surface area contributed by atoms with E-state index in [0.29, 0.717) is 12.2 Å². The Morgan fingerprint density at radius 2 is 2.14 bits per heavy atom. The highest BCUT2D eigenvalue weighted by molar-refractivity contribution is 5.93. The highest BCUT2D eigenvalue weighted by Crippen LogP contribution is 2.27. The Balaban J connectivity index is 1.68. The van der Waals surface area contributed by atoms with Crippen LogP contribution in [0.3, 0.4) is 0 Å². The summed E-state index contributed by atoms with van der Waals surface area (Å²) in [6.45, 7) is 1.38. The zero-order valence-electron chi connectivity index (χ0n) is 11.8. The molecule has 5 nitrogen and oxygen atoms in total. The van der Waals surface area contributed by atoms with Gasteiger partial charge in [0.25, 0.3) is 5.91 Å². The summed E-state index contributed by atoms with van der Waals surface area (Å²) in [5, 5.41) is 5.35. The van der Waals surface area contributed by atoms with Crippen molar-refractivity contribution in [3.63, 3.8) is 0 Å². The van der Waals surface area contributed by atoms with Crippen LogP contribution in [0.1, 0.15) is 21.7 Å². The van der Waals surface area contributed by atoms with E-state index in [9.17, 15) is 4.79 Å². The van der Waals surface area contributed by atoms with Gasteiger partial charge in [-0.05, 0) is 24.1 Å². The third-order valence-electron chi connectivity index (χ3n) is 4.21. The lowest BCUT2D eigenvalue weighted by atomic mass is 10.0.